The van der Waals surface area contributed by atoms with Gasteiger partial charge in [-0.2, -0.15) is 5.10 Å². The first-order chi connectivity index (χ1) is 13.5. The lowest BCUT2D eigenvalue weighted by atomic mass is 10.1. The summed E-state index contributed by atoms with van der Waals surface area (Å²) >= 11 is 0. The molecule has 0 unspecified atom stereocenters. The van der Waals surface area contributed by atoms with Gasteiger partial charge in [0.15, 0.2) is 0 Å². The molecule has 6 heteroatoms. The summed E-state index contributed by atoms with van der Waals surface area (Å²) in [6.07, 6.45) is 6.76. The summed E-state index contributed by atoms with van der Waals surface area (Å²) in [6, 6.07) is 11.8. The van der Waals surface area contributed by atoms with Crippen molar-refractivity contribution in [2.45, 2.75) is 32.6 Å². The Labute approximate surface area is 164 Å². The van der Waals surface area contributed by atoms with Crippen LogP contribution in [-0.4, -0.2) is 22.2 Å². The Balaban J connectivity index is 1.55. The summed E-state index contributed by atoms with van der Waals surface area (Å²) in [4.78, 5) is 24.7. The van der Waals surface area contributed by atoms with Gasteiger partial charge < -0.3 is 9.73 Å². The van der Waals surface area contributed by atoms with E-state index in [0.29, 0.717) is 24.3 Å². The predicted octanol–water partition coefficient (Wildman–Crippen LogP) is 2.83. The van der Waals surface area contributed by atoms with Crippen LogP contribution in [0.2, 0.25) is 0 Å². The lowest BCUT2D eigenvalue weighted by Gasteiger charge is -2.08. The van der Waals surface area contributed by atoms with Crippen molar-refractivity contribution in [1.82, 2.24) is 15.1 Å². The molecule has 2 heterocycles. The number of carbonyl (C=O) groups excluding carboxylic acids is 1. The summed E-state index contributed by atoms with van der Waals surface area (Å²) < 4.78 is 7.13. The third kappa shape index (κ3) is 5.19. The molecule has 0 aliphatic carbocycles. The van der Waals surface area contributed by atoms with Gasteiger partial charge in [-0.15, -0.1) is 0 Å². The number of rotatable bonds is 8. The fraction of sp³-hybridized carbons (Fsp3) is 0.318. The summed E-state index contributed by atoms with van der Waals surface area (Å²) in [6.45, 7) is 2.26. The molecule has 0 bridgehead atoms. The molecule has 0 spiro atoms. The number of nitrogens with zero attached hydrogens (tertiary/aromatic N) is 2. The zero-order chi connectivity index (χ0) is 19.9. The minimum absolute atomic E-state index is 0.0878. The van der Waals surface area contributed by atoms with Gasteiger partial charge in [0.1, 0.15) is 11.3 Å². The minimum Gasteiger partial charge on any atom is -0.427 e. The Kier molecular flexibility index (Phi) is 6.42. The van der Waals surface area contributed by atoms with Crippen molar-refractivity contribution in [1.29, 1.82) is 0 Å². The first kappa shape index (κ1) is 19.6. The Bertz CT molecular complexity index is 990. The van der Waals surface area contributed by atoms with E-state index < -0.39 is 5.63 Å². The summed E-state index contributed by atoms with van der Waals surface area (Å²) in [7, 11) is 1.87. The summed E-state index contributed by atoms with van der Waals surface area (Å²) in [5.74, 6) is 0.214. The monoisotopic (exact) mass is 379 g/mol. The Hall–Kier alpha value is -3.15. The van der Waals surface area contributed by atoms with Crippen LogP contribution < -0.4 is 10.9 Å². The maximum Gasteiger partial charge on any atom is 0.349 e. The second-order valence-electron chi connectivity index (χ2n) is 6.93. The Morgan fingerprint density at radius 1 is 1.14 bits per heavy atom. The topological polar surface area (TPSA) is 77.1 Å². The highest BCUT2D eigenvalue weighted by atomic mass is 16.4. The number of carbonyl (C=O) groups is 1. The molecular weight excluding hydrogens is 354 g/mol. The Morgan fingerprint density at radius 2 is 1.93 bits per heavy atom. The van der Waals surface area contributed by atoms with Gasteiger partial charge in [-0.1, -0.05) is 30.3 Å². The van der Waals surface area contributed by atoms with Gasteiger partial charge in [0, 0.05) is 26.2 Å². The van der Waals surface area contributed by atoms with Crippen LogP contribution in [-0.2, 0) is 26.3 Å². The fourth-order valence-electron chi connectivity index (χ4n) is 3.17. The maximum absolute atomic E-state index is 12.4. The van der Waals surface area contributed by atoms with Crippen LogP contribution in [0.25, 0.3) is 0 Å². The van der Waals surface area contributed by atoms with E-state index in [1.807, 2.05) is 49.8 Å². The smallest absolute Gasteiger partial charge is 0.349 e. The maximum atomic E-state index is 12.4. The third-order valence-corrected chi connectivity index (χ3v) is 4.62. The zero-order valence-electron chi connectivity index (χ0n) is 16.3. The molecule has 0 aliphatic rings. The van der Waals surface area contributed by atoms with Crippen LogP contribution in [0.1, 0.15) is 39.2 Å². The summed E-state index contributed by atoms with van der Waals surface area (Å²) in [5.41, 5.74) is 2.45. The zero-order valence-corrected chi connectivity index (χ0v) is 16.3. The molecule has 0 radical (unpaired) electrons. The molecule has 1 amide bonds. The fourth-order valence-corrected chi connectivity index (χ4v) is 3.17. The van der Waals surface area contributed by atoms with Gasteiger partial charge in [-0.05, 0) is 48.9 Å². The van der Waals surface area contributed by atoms with Crippen molar-refractivity contribution in [3.05, 3.63) is 87.2 Å². The highest BCUT2D eigenvalue weighted by Gasteiger charge is 2.16. The molecule has 0 saturated heterocycles. The Morgan fingerprint density at radius 3 is 2.61 bits per heavy atom. The van der Waals surface area contributed by atoms with E-state index in [1.54, 1.807) is 17.7 Å². The number of hydrogen-bond donors (Lipinski definition) is 1. The quantitative estimate of drug-likeness (QED) is 0.611. The lowest BCUT2D eigenvalue weighted by molar-refractivity contribution is 0.0948. The second-order valence-corrected chi connectivity index (χ2v) is 6.93. The van der Waals surface area contributed by atoms with Crippen molar-refractivity contribution in [3.8, 4) is 0 Å². The van der Waals surface area contributed by atoms with E-state index >= 15 is 0 Å². The first-order valence-corrected chi connectivity index (χ1v) is 9.46. The number of nitrogens with one attached hydrogen (secondary N) is 1. The van der Waals surface area contributed by atoms with Crippen LogP contribution in [0.4, 0.5) is 0 Å². The normalized spacial score (nSPS) is 10.8. The average Bonchev–Trinajstić information content (AvgIpc) is 3.09. The molecule has 3 rings (SSSR count). The molecule has 6 nitrogen and oxygen atoms in total. The molecule has 3 aromatic rings. The van der Waals surface area contributed by atoms with Crippen LogP contribution in [0.15, 0.2) is 58.0 Å². The number of hydrogen-bond acceptors (Lipinski definition) is 4. The number of aryl methyl sites for hydroxylation is 5. The molecule has 146 valence electrons. The SMILES string of the molecule is Cc1cc(CCc2ccccc2)oc(=O)c1C(=O)NCCCc1cnn(C)c1. The molecule has 1 N–H and O–H groups in total. The van der Waals surface area contributed by atoms with Gasteiger partial charge in [0.05, 0.1) is 6.20 Å². The van der Waals surface area contributed by atoms with Crippen LogP contribution in [0.5, 0.6) is 0 Å². The third-order valence-electron chi connectivity index (χ3n) is 4.62. The molecular formula is C22H25N3O3. The largest absolute Gasteiger partial charge is 0.427 e. The van der Waals surface area contributed by atoms with E-state index in [1.165, 1.54) is 5.56 Å². The van der Waals surface area contributed by atoms with E-state index in [2.05, 4.69) is 10.4 Å². The van der Waals surface area contributed by atoms with Gasteiger partial charge >= 0.3 is 5.63 Å². The average molecular weight is 379 g/mol. The molecule has 28 heavy (non-hydrogen) atoms. The lowest BCUT2D eigenvalue weighted by Crippen LogP contribution is -2.30. The van der Waals surface area contributed by atoms with E-state index in [-0.39, 0.29) is 11.5 Å². The molecule has 0 aliphatic heterocycles. The number of aromatic nitrogens is 2. The number of amides is 1. The van der Waals surface area contributed by atoms with Crippen molar-refractivity contribution in [2.75, 3.05) is 6.54 Å². The number of benzene rings is 1. The van der Waals surface area contributed by atoms with Crippen LogP contribution >= 0.6 is 0 Å². The second kappa shape index (κ2) is 9.17. The van der Waals surface area contributed by atoms with Crippen molar-refractivity contribution >= 4 is 5.91 Å². The van der Waals surface area contributed by atoms with Gasteiger partial charge in [0.2, 0.25) is 0 Å². The molecule has 0 saturated carbocycles. The first-order valence-electron chi connectivity index (χ1n) is 9.46. The van der Waals surface area contributed by atoms with E-state index in [9.17, 15) is 9.59 Å². The molecule has 1 aromatic carbocycles. The van der Waals surface area contributed by atoms with Crippen molar-refractivity contribution in [3.63, 3.8) is 0 Å². The van der Waals surface area contributed by atoms with Gasteiger partial charge in [-0.25, -0.2) is 4.79 Å². The minimum atomic E-state index is -0.576. The molecule has 0 fully saturated rings. The van der Waals surface area contributed by atoms with Crippen molar-refractivity contribution < 1.29 is 9.21 Å². The van der Waals surface area contributed by atoms with E-state index in [0.717, 1.165) is 24.8 Å². The highest BCUT2D eigenvalue weighted by Crippen LogP contribution is 2.11. The van der Waals surface area contributed by atoms with Crippen molar-refractivity contribution in [2.24, 2.45) is 7.05 Å². The van der Waals surface area contributed by atoms with Gasteiger partial charge in [0.25, 0.3) is 5.91 Å². The van der Waals surface area contributed by atoms with Crippen LogP contribution in [0, 0.1) is 6.92 Å². The van der Waals surface area contributed by atoms with Gasteiger partial charge in [-0.3, -0.25) is 9.48 Å². The standard InChI is InChI=1S/C22H25N3O3/c1-16-13-19(11-10-17-7-4-3-5-8-17)28-22(27)20(16)21(26)23-12-6-9-18-14-24-25(2)15-18/h3-5,7-8,13-15H,6,9-12H2,1-2H3,(H,23,26). The summed E-state index contributed by atoms with van der Waals surface area (Å²) in [5, 5.41) is 6.93. The predicted molar refractivity (Wildman–Crippen MR) is 107 cm³/mol. The van der Waals surface area contributed by atoms with E-state index in [4.69, 9.17) is 4.42 Å². The van der Waals surface area contributed by atoms with Crippen LogP contribution in [0.3, 0.4) is 0 Å². The highest BCUT2D eigenvalue weighted by molar-refractivity contribution is 5.95. The molecule has 0 atom stereocenters. The molecule has 2 aromatic heterocycles.